The number of sulfonamides is 1. The third-order valence-corrected chi connectivity index (χ3v) is 7.03. The van der Waals surface area contributed by atoms with Crippen molar-refractivity contribution in [1.29, 1.82) is 0 Å². The van der Waals surface area contributed by atoms with Crippen LogP contribution in [0.4, 0.5) is 5.69 Å². The van der Waals surface area contributed by atoms with E-state index < -0.39 is 22.0 Å². The van der Waals surface area contributed by atoms with Crippen LogP contribution in [0, 0.1) is 6.92 Å². The third kappa shape index (κ3) is 5.44. The second kappa shape index (κ2) is 10.1. The molecule has 1 atom stereocenters. The Morgan fingerprint density at radius 1 is 0.882 bits per heavy atom. The van der Waals surface area contributed by atoms with E-state index in [1.807, 2.05) is 60.7 Å². The van der Waals surface area contributed by atoms with Gasteiger partial charge >= 0.3 is 0 Å². The highest BCUT2D eigenvalue weighted by molar-refractivity contribution is 7.92. The van der Waals surface area contributed by atoms with Crippen LogP contribution in [0.3, 0.4) is 0 Å². The van der Waals surface area contributed by atoms with Gasteiger partial charge in [-0.1, -0.05) is 66.7 Å². The van der Waals surface area contributed by atoms with Crippen LogP contribution in [-0.2, 0) is 16.4 Å². The van der Waals surface area contributed by atoms with Crippen molar-refractivity contribution in [2.45, 2.75) is 24.3 Å². The number of aliphatic hydroxyl groups excluding tert-OH is 1. The highest BCUT2D eigenvalue weighted by Crippen LogP contribution is 2.23. The highest BCUT2D eigenvalue weighted by atomic mass is 32.2. The first-order valence-electron chi connectivity index (χ1n) is 10.9. The molecule has 3 N–H and O–H groups in total. The molecular weight excluding hydrogens is 448 g/mol. The Morgan fingerprint density at radius 2 is 1.59 bits per heavy atom. The van der Waals surface area contributed by atoms with Gasteiger partial charge in [-0.25, -0.2) is 8.42 Å². The van der Waals surface area contributed by atoms with E-state index in [0.717, 1.165) is 16.3 Å². The number of benzene rings is 4. The number of aryl methyl sites for hydroxylation is 1. The minimum atomic E-state index is -3.92. The zero-order chi connectivity index (χ0) is 24.1. The number of rotatable bonds is 8. The zero-order valence-electron chi connectivity index (χ0n) is 18.7. The maximum Gasteiger partial charge on any atom is 0.261 e. The summed E-state index contributed by atoms with van der Waals surface area (Å²) in [6.07, 6.45) is 0.462. The second-order valence-electron chi connectivity index (χ2n) is 8.19. The van der Waals surface area contributed by atoms with Gasteiger partial charge in [0.1, 0.15) is 0 Å². The van der Waals surface area contributed by atoms with Crippen molar-refractivity contribution >= 4 is 32.4 Å². The average molecular weight is 475 g/mol. The maximum atomic E-state index is 13.1. The normalized spacial score (nSPS) is 12.3. The molecule has 0 aliphatic rings. The molecule has 0 aliphatic carbocycles. The summed E-state index contributed by atoms with van der Waals surface area (Å²) in [7, 11) is -3.92. The standard InChI is InChI=1S/C27H26N2O4S/c1-19-11-14-25(34(32,33)29-23-13-12-21-9-5-6-10-22(21)16-23)17-26(19)27(31)28-24(18-30)15-20-7-3-2-4-8-20/h2-14,16-17,24,29-30H,15,18H2,1H3,(H,28,31)/t24-/m0/s1. The molecule has 4 rings (SSSR count). The molecule has 7 heteroatoms. The molecule has 0 radical (unpaired) electrons. The summed E-state index contributed by atoms with van der Waals surface area (Å²) in [6, 6.07) is 26.5. The zero-order valence-corrected chi connectivity index (χ0v) is 19.5. The number of carbonyl (C=O) groups excluding carboxylic acids is 1. The Kier molecular flexibility index (Phi) is 6.95. The van der Waals surface area contributed by atoms with Crippen molar-refractivity contribution in [2.75, 3.05) is 11.3 Å². The number of anilines is 1. The number of aliphatic hydroxyl groups is 1. The molecule has 4 aromatic rings. The monoisotopic (exact) mass is 474 g/mol. The first kappa shape index (κ1) is 23.5. The lowest BCUT2D eigenvalue weighted by Crippen LogP contribution is -2.39. The van der Waals surface area contributed by atoms with Crippen LogP contribution in [0.15, 0.2) is 95.9 Å². The van der Waals surface area contributed by atoms with Crippen molar-refractivity contribution in [3.8, 4) is 0 Å². The lowest BCUT2D eigenvalue weighted by molar-refractivity contribution is 0.0915. The lowest BCUT2D eigenvalue weighted by Gasteiger charge is -2.18. The van der Waals surface area contributed by atoms with E-state index in [1.165, 1.54) is 12.1 Å². The predicted molar refractivity (Wildman–Crippen MR) is 134 cm³/mol. The molecule has 174 valence electrons. The first-order valence-corrected chi connectivity index (χ1v) is 12.4. The molecule has 1 amide bonds. The summed E-state index contributed by atoms with van der Waals surface area (Å²) >= 11 is 0. The predicted octanol–water partition coefficient (Wildman–Crippen LogP) is 4.28. The topological polar surface area (TPSA) is 95.5 Å². The van der Waals surface area contributed by atoms with Gasteiger partial charge in [0.05, 0.1) is 17.5 Å². The van der Waals surface area contributed by atoms with Crippen LogP contribution >= 0.6 is 0 Å². The van der Waals surface area contributed by atoms with Gasteiger partial charge in [-0.3, -0.25) is 9.52 Å². The van der Waals surface area contributed by atoms with Gasteiger partial charge in [0, 0.05) is 11.3 Å². The minimum absolute atomic E-state index is 0.0139. The molecule has 0 fully saturated rings. The summed E-state index contributed by atoms with van der Waals surface area (Å²) in [5, 5.41) is 14.5. The average Bonchev–Trinajstić information content (AvgIpc) is 2.84. The number of carbonyl (C=O) groups is 1. The Bertz CT molecular complexity index is 1420. The number of amides is 1. The van der Waals surface area contributed by atoms with Crippen molar-refractivity contribution < 1.29 is 18.3 Å². The smallest absolute Gasteiger partial charge is 0.261 e. The summed E-state index contributed by atoms with van der Waals surface area (Å²) in [4.78, 5) is 13.0. The van der Waals surface area contributed by atoms with Gasteiger partial charge < -0.3 is 10.4 Å². The van der Waals surface area contributed by atoms with E-state index in [1.54, 1.807) is 25.1 Å². The van der Waals surface area contributed by atoms with Crippen LogP contribution in [0.2, 0.25) is 0 Å². The third-order valence-electron chi connectivity index (χ3n) is 5.65. The van der Waals surface area contributed by atoms with Gasteiger partial charge in [-0.15, -0.1) is 0 Å². The Hall–Kier alpha value is -3.68. The number of hydrogen-bond acceptors (Lipinski definition) is 4. The van der Waals surface area contributed by atoms with Gasteiger partial charge in [-0.2, -0.15) is 0 Å². The number of hydrogen-bond donors (Lipinski definition) is 3. The van der Waals surface area contributed by atoms with Gasteiger partial charge in [0.15, 0.2) is 0 Å². The summed E-state index contributed by atoms with van der Waals surface area (Å²) in [5.74, 6) is -0.435. The molecule has 4 aromatic carbocycles. The Labute approximate surface area is 199 Å². The quantitative estimate of drug-likeness (QED) is 0.355. The van der Waals surface area contributed by atoms with E-state index in [9.17, 15) is 18.3 Å². The van der Waals surface area contributed by atoms with E-state index in [0.29, 0.717) is 17.7 Å². The van der Waals surface area contributed by atoms with Crippen LogP contribution in [0.1, 0.15) is 21.5 Å². The molecular formula is C27H26N2O4S. The van der Waals surface area contributed by atoms with Crippen molar-refractivity contribution in [1.82, 2.24) is 5.32 Å². The molecule has 34 heavy (non-hydrogen) atoms. The molecule has 0 aliphatic heterocycles. The van der Waals surface area contributed by atoms with Crippen LogP contribution < -0.4 is 10.0 Å². The maximum absolute atomic E-state index is 13.1. The van der Waals surface area contributed by atoms with Gasteiger partial charge in [-0.05, 0) is 59.5 Å². The van der Waals surface area contributed by atoms with Gasteiger partial charge in [0.25, 0.3) is 15.9 Å². The fourth-order valence-electron chi connectivity index (χ4n) is 3.80. The fourth-order valence-corrected chi connectivity index (χ4v) is 4.88. The molecule has 0 bridgehead atoms. The molecule has 0 unspecified atom stereocenters. The Balaban J connectivity index is 1.54. The van der Waals surface area contributed by atoms with E-state index in [4.69, 9.17) is 0 Å². The summed E-state index contributed by atoms with van der Waals surface area (Å²) in [6.45, 7) is 1.51. The lowest BCUT2D eigenvalue weighted by atomic mass is 10.0. The molecule has 0 heterocycles. The molecule has 0 spiro atoms. The van der Waals surface area contributed by atoms with Crippen LogP contribution in [-0.4, -0.2) is 32.1 Å². The molecule has 0 saturated heterocycles. The van der Waals surface area contributed by atoms with E-state index in [2.05, 4.69) is 10.0 Å². The van der Waals surface area contributed by atoms with E-state index in [-0.39, 0.29) is 17.1 Å². The van der Waals surface area contributed by atoms with Crippen molar-refractivity contribution in [3.63, 3.8) is 0 Å². The van der Waals surface area contributed by atoms with Crippen molar-refractivity contribution in [2.24, 2.45) is 0 Å². The first-order chi connectivity index (χ1) is 16.4. The van der Waals surface area contributed by atoms with E-state index >= 15 is 0 Å². The SMILES string of the molecule is Cc1ccc(S(=O)(=O)Nc2ccc3ccccc3c2)cc1C(=O)N[C@H](CO)Cc1ccccc1. The van der Waals surface area contributed by atoms with Gasteiger partial charge in [0.2, 0.25) is 0 Å². The Morgan fingerprint density at radius 3 is 2.32 bits per heavy atom. The molecule has 0 saturated carbocycles. The summed E-state index contributed by atoms with van der Waals surface area (Å²) in [5.41, 5.74) is 2.30. The number of fused-ring (bicyclic) bond motifs is 1. The number of nitrogens with one attached hydrogen (secondary N) is 2. The van der Waals surface area contributed by atoms with Crippen LogP contribution in [0.5, 0.6) is 0 Å². The van der Waals surface area contributed by atoms with Crippen molar-refractivity contribution in [3.05, 3.63) is 108 Å². The minimum Gasteiger partial charge on any atom is -0.394 e. The molecule has 0 aromatic heterocycles. The molecule has 6 nitrogen and oxygen atoms in total. The largest absolute Gasteiger partial charge is 0.394 e. The fraction of sp³-hybridized carbons (Fsp3) is 0.148. The summed E-state index contributed by atoms with van der Waals surface area (Å²) < 4.78 is 28.7. The highest BCUT2D eigenvalue weighted by Gasteiger charge is 2.20. The second-order valence-corrected chi connectivity index (χ2v) is 9.87. The van der Waals surface area contributed by atoms with Crippen LogP contribution in [0.25, 0.3) is 10.8 Å².